The third-order valence-corrected chi connectivity index (χ3v) is 5.95. The van der Waals surface area contributed by atoms with E-state index in [0.717, 1.165) is 5.56 Å². The Bertz CT molecular complexity index is 1370. The van der Waals surface area contributed by atoms with E-state index in [1.165, 1.54) is 24.3 Å². The molecule has 0 bridgehead atoms. The first-order valence-electron chi connectivity index (χ1n) is 10.7. The van der Waals surface area contributed by atoms with Crippen LogP contribution >= 0.6 is 27.5 Å². The number of allylic oxidation sites excluding steroid dienone is 1. The van der Waals surface area contributed by atoms with Crippen LogP contribution in [0.3, 0.4) is 0 Å². The zero-order valence-corrected chi connectivity index (χ0v) is 21.7. The maximum absolute atomic E-state index is 12.4. The summed E-state index contributed by atoms with van der Waals surface area (Å²) in [4.78, 5) is 22.8. The summed E-state index contributed by atoms with van der Waals surface area (Å²) in [7, 11) is 0. The zero-order chi connectivity index (χ0) is 26.2. The van der Waals surface area contributed by atoms with E-state index in [-0.39, 0.29) is 18.2 Å². The Morgan fingerprint density at radius 2 is 1.92 bits per heavy atom. The van der Waals surface area contributed by atoms with Crippen molar-refractivity contribution < 1.29 is 19.2 Å². The quantitative estimate of drug-likeness (QED) is 0.131. The molecule has 0 fully saturated rings. The Hall–Kier alpha value is -3.87. The molecule has 36 heavy (non-hydrogen) atoms. The third-order valence-electron chi connectivity index (χ3n) is 4.96. The highest BCUT2D eigenvalue weighted by Gasteiger charge is 2.15. The van der Waals surface area contributed by atoms with E-state index >= 15 is 0 Å². The zero-order valence-electron chi connectivity index (χ0n) is 19.4. The van der Waals surface area contributed by atoms with Crippen LogP contribution in [0.2, 0.25) is 5.02 Å². The lowest BCUT2D eigenvalue weighted by atomic mass is 10.0. The van der Waals surface area contributed by atoms with Gasteiger partial charge in [0.2, 0.25) is 0 Å². The molecule has 0 radical (unpaired) electrons. The fraction of sp³-hybridized carbons (Fsp3) is 0.154. The molecule has 0 unspecified atom stereocenters. The van der Waals surface area contributed by atoms with Gasteiger partial charge in [-0.2, -0.15) is 5.26 Å². The summed E-state index contributed by atoms with van der Waals surface area (Å²) < 4.78 is 12.0. The molecule has 0 saturated carbocycles. The molecule has 3 aromatic carbocycles. The average molecular weight is 571 g/mol. The van der Waals surface area contributed by atoms with E-state index in [9.17, 15) is 20.2 Å². The third kappa shape index (κ3) is 6.84. The van der Waals surface area contributed by atoms with E-state index in [1.54, 1.807) is 36.4 Å². The maximum atomic E-state index is 12.4. The summed E-state index contributed by atoms with van der Waals surface area (Å²) in [6.45, 7) is 3.75. The van der Waals surface area contributed by atoms with Crippen LogP contribution in [-0.2, 0) is 4.79 Å². The first kappa shape index (κ1) is 26.7. The van der Waals surface area contributed by atoms with Gasteiger partial charge >= 0.3 is 0 Å². The number of ether oxygens (including phenoxy) is 2. The van der Waals surface area contributed by atoms with Gasteiger partial charge in [0.1, 0.15) is 0 Å². The molecule has 10 heteroatoms. The van der Waals surface area contributed by atoms with Crippen molar-refractivity contribution in [1.82, 2.24) is 0 Å². The number of nitrogens with one attached hydrogen (secondary N) is 1. The number of hydrogen-bond donors (Lipinski definition) is 1. The number of nitriles is 1. The second-order valence-electron chi connectivity index (χ2n) is 7.54. The number of hydrogen-bond acceptors (Lipinski definition) is 6. The van der Waals surface area contributed by atoms with Gasteiger partial charge in [0.05, 0.1) is 27.6 Å². The molecule has 0 aromatic heterocycles. The number of carbonyl (C=O) groups is 1. The number of halogens is 2. The molecule has 0 heterocycles. The molecule has 0 aliphatic carbocycles. The Labute approximate surface area is 221 Å². The monoisotopic (exact) mass is 569 g/mol. The van der Waals surface area contributed by atoms with Gasteiger partial charge in [0.15, 0.2) is 18.1 Å². The normalized spacial score (nSPS) is 10.9. The molecule has 184 valence electrons. The summed E-state index contributed by atoms with van der Waals surface area (Å²) in [5, 5.41) is 23.8. The molecule has 3 aromatic rings. The number of benzene rings is 3. The number of amides is 1. The van der Waals surface area contributed by atoms with Crippen LogP contribution in [0.5, 0.6) is 11.5 Å². The minimum Gasteiger partial charge on any atom is -0.490 e. The fourth-order valence-corrected chi connectivity index (χ4v) is 3.94. The molecule has 1 amide bonds. The fourth-order valence-electron chi connectivity index (χ4n) is 3.19. The lowest BCUT2D eigenvalue weighted by Gasteiger charge is -2.15. The lowest BCUT2D eigenvalue weighted by molar-refractivity contribution is -0.384. The molecule has 0 saturated heterocycles. The SMILES string of the molecule is CCOc1cc(/C=C(\C#N)c2ccc([N+](=O)[O-])cc2)cc(Br)c1OCC(=O)Nc1ccc(C)c(Cl)c1. The Morgan fingerprint density at radius 3 is 2.53 bits per heavy atom. The highest BCUT2D eigenvalue weighted by molar-refractivity contribution is 9.10. The van der Waals surface area contributed by atoms with E-state index in [2.05, 4.69) is 27.3 Å². The van der Waals surface area contributed by atoms with Crippen molar-refractivity contribution in [2.45, 2.75) is 13.8 Å². The molecule has 8 nitrogen and oxygen atoms in total. The van der Waals surface area contributed by atoms with Gasteiger partial charge in [-0.15, -0.1) is 0 Å². The Morgan fingerprint density at radius 1 is 1.19 bits per heavy atom. The largest absolute Gasteiger partial charge is 0.490 e. The molecule has 3 rings (SSSR count). The number of carbonyl (C=O) groups excluding carboxylic acids is 1. The van der Waals surface area contributed by atoms with Gasteiger partial charge in [0, 0.05) is 22.8 Å². The topological polar surface area (TPSA) is 114 Å². The number of nitro benzene ring substituents is 1. The molecule has 0 spiro atoms. The minimum atomic E-state index is -0.500. The number of nitro groups is 1. The smallest absolute Gasteiger partial charge is 0.269 e. The number of aryl methyl sites for hydroxylation is 1. The van der Waals surface area contributed by atoms with Crippen LogP contribution in [0.1, 0.15) is 23.6 Å². The number of anilines is 1. The van der Waals surface area contributed by atoms with Crippen LogP contribution < -0.4 is 14.8 Å². The summed E-state index contributed by atoms with van der Waals surface area (Å²) in [5.41, 5.74) is 2.87. The Balaban J connectivity index is 1.81. The van der Waals surface area contributed by atoms with E-state index in [4.69, 9.17) is 21.1 Å². The highest BCUT2D eigenvalue weighted by atomic mass is 79.9. The summed E-state index contributed by atoms with van der Waals surface area (Å²) >= 11 is 9.56. The molecule has 0 aliphatic rings. The van der Waals surface area contributed by atoms with Crippen LogP contribution in [-0.4, -0.2) is 24.0 Å². The van der Waals surface area contributed by atoms with Gasteiger partial charge in [-0.1, -0.05) is 17.7 Å². The van der Waals surface area contributed by atoms with Gasteiger partial charge in [-0.25, -0.2) is 0 Å². The predicted octanol–water partition coefficient (Wildman–Crippen LogP) is 6.80. The average Bonchev–Trinajstić information content (AvgIpc) is 2.84. The predicted molar refractivity (Wildman–Crippen MR) is 142 cm³/mol. The first-order chi connectivity index (χ1) is 17.2. The lowest BCUT2D eigenvalue weighted by Crippen LogP contribution is -2.20. The second kappa shape index (κ2) is 12.2. The van der Waals surface area contributed by atoms with Gasteiger partial charge in [-0.05, 0) is 88.9 Å². The van der Waals surface area contributed by atoms with Crippen molar-refractivity contribution in [2.75, 3.05) is 18.5 Å². The van der Waals surface area contributed by atoms with Gasteiger partial charge in [0.25, 0.3) is 11.6 Å². The van der Waals surface area contributed by atoms with Crippen LogP contribution in [0.4, 0.5) is 11.4 Å². The maximum Gasteiger partial charge on any atom is 0.269 e. The summed E-state index contributed by atoms with van der Waals surface area (Å²) in [6, 6.07) is 16.5. The van der Waals surface area contributed by atoms with Crippen molar-refractivity contribution in [1.29, 1.82) is 5.26 Å². The molecule has 0 atom stereocenters. The molecular formula is C26H21BrClN3O5. The van der Waals surface area contributed by atoms with E-state index in [0.29, 0.717) is 50.0 Å². The first-order valence-corrected chi connectivity index (χ1v) is 11.9. The molecule has 1 N–H and O–H groups in total. The molecule has 0 aliphatic heterocycles. The number of nitrogens with zero attached hydrogens (tertiary/aromatic N) is 2. The summed E-state index contributed by atoms with van der Waals surface area (Å²) in [5.74, 6) is 0.336. The van der Waals surface area contributed by atoms with Gasteiger partial charge in [-0.3, -0.25) is 14.9 Å². The van der Waals surface area contributed by atoms with Crippen molar-refractivity contribution in [3.8, 4) is 17.6 Å². The standard InChI is InChI=1S/C26H21BrClN3O5/c1-3-35-24-12-17(10-19(14-29)18-5-8-21(9-6-18)31(33)34)11-22(27)26(24)36-15-25(32)30-20-7-4-16(2)23(28)13-20/h4-13H,3,15H2,1-2H3,(H,30,32)/b19-10+. The van der Waals surface area contributed by atoms with Crippen molar-refractivity contribution in [3.63, 3.8) is 0 Å². The van der Waals surface area contributed by atoms with Crippen LogP contribution in [0.15, 0.2) is 59.1 Å². The van der Waals surface area contributed by atoms with Crippen molar-refractivity contribution in [2.24, 2.45) is 0 Å². The van der Waals surface area contributed by atoms with Crippen LogP contribution in [0, 0.1) is 28.4 Å². The number of non-ortho nitro benzene ring substituents is 1. The van der Waals surface area contributed by atoms with Crippen LogP contribution in [0.25, 0.3) is 11.6 Å². The highest BCUT2D eigenvalue weighted by Crippen LogP contribution is 2.38. The van der Waals surface area contributed by atoms with E-state index in [1.807, 2.05) is 13.8 Å². The second-order valence-corrected chi connectivity index (χ2v) is 8.80. The van der Waals surface area contributed by atoms with Gasteiger partial charge < -0.3 is 14.8 Å². The Kier molecular flexibility index (Phi) is 9.06. The van der Waals surface area contributed by atoms with Crippen molar-refractivity contribution >= 4 is 56.5 Å². The molecular weight excluding hydrogens is 550 g/mol. The number of rotatable bonds is 9. The summed E-state index contributed by atoms with van der Waals surface area (Å²) in [6.07, 6.45) is 1.63. The van der Waals surface area contributed by atoms with E-state index < -0.39 is 4.92 Å². The minimum absolute atomic E-state index is 0.0616. The van der Waals surface area contributed by atoms with Crippen molar-refractivity contribution in [3.05, 3.63) is 90.9 Å².